The molecule has 1 aliphatic rings. The highest BCUT2D eigenvalue weighted by Crippen LogP contribution is 2.31. The Hall–Kier alpha value is -2.19. The molecule has 0 bridgehead atoms. The zero-order chi connectivity index (χ0) is 16.9. The Morgan fingerprint density at radius 3 is 2.75 bits per heavy atom. The van der Waals surface area contributed by atoms with Crippen LogP contribution in [0.2, 0.25) is 4.34 Å². The highest BCUT2D eigenvalue weighted by atomic mass is 35.5. The van der Waals surface area contributed by atoms with Gasteiger partial charge in [-0.25, -0.2) is 0 Å². The second-order valence-corrected chi connectivity index (χ2v) is 6.29. The molecule has 7 nitrogen and oxygen atoms in total. The monoisotopic (exact) mass is 368 g/mol. The minimum Gasteiger partial charge on any atom is -0.486 e. The second kappa shape index (κ2) is 7.59. The molecule has 0 N–H and O–H groups in total. The number of aromatic nitrogens is 2. The first kappa shape index (κ1) is 16.7. The Bertz CT molecular complexity index is 764. The lowest BCUT2D eigenvalue weighted by atomic mass is 10.1. The molecule has 2 heterocycles. The molecule has 0 spiro atoms. The molecule has 0 radical (unpaired) electrons. The number of ketones is 1. The number of hydrogen-bond acceptors (Lipinski definition) is 8. The summed E-state index contributed by atoms with van der Waals surface area (Å²) in [6.45, 7) is 0.891. The molecular formula is C15H13ClN2O5S. The van der Waals surface area contributed by atoms with E-state index in [-0.39, 0.29) is 25.2 Å². The van der Waals surface area contributed by atoms with Crippen LogP contribution in [0.4, 0.5) is 0 Å². The number of ether oxygens (including phenoxy) is 3. The third kappa shape index (κ3) is 4.01. The number of nitrogens with zero attached hydrogens (tertiary/aromatic N) is 2. The van der Waals surface area contributed by atoms with Gasteiger partial charge >= 0.3 is 5.97 Å². The molecule has 0 saturated heterocycles. The van der Waals surface area contributed by atoms with E-state index in [0.717, 1.165) is 11.5 Å². The molecule has 0 amide bonds. The van der Waals surface area contributed by atoms with Crippen molar-refractivity contribution in [2.24, 2.45) is 0 Å². The number of carbonyl (C=O) groups is 2. The summed E-state index contributed by atoms with van der Waals surface area (Å²) in [5.74, 6) is 0.494. The van der Waals surface area contributed by atoms with Gasteiger partial charge in [0.15, 0.2) is 17.3 Å². The van der Waals surface area contributed by atoms with Crippen LogP contribution in [0, 0.1) is 0 Å². The van der Waals surface area contributed by atoms with E-state index in [1.54, 1.807) is 18.2 Å². The fourth-order valence-electron chi connectivity index (χ4n) is 2.08. The topological polar surface area (TPSA) is 87.6 Å². The van der Waals surface area contributed by atoms with Gasteiger partial charge in [-0.05, 0) is 18.2 Å². The quantitative estimate of drug-likeness (QED) is 0.572. The number of halogens is 1. The van der Waals surface area contributed by atoms with Crippen molar-refractivity contribution in [2.75, 3.05) is 13.2 Å². The van der Waals surface area contributed by atoms with Crippen LogP contribution in [0.5, 0.6) is 11.5 Å². The van der Waals surface area contributed by atoms with Gasteiger partial charge in [0, 0.05) is 23.5 Å². The van der Waals surface area contributed by atoms with Gasteiger partial charge in [-0.2, -0.15) is 0 Å². The summed E-state index contributed by atoms with van der Waals surface area (Å²) in [6.07, 6.45) is 0.0178. The molecule has 126 valence electrons. The standard InChI is InChI=1S/C15H13ClN2O5S/c16-15-10(17-18-24-15)8-23-14(20)4-2-11(19)9-1-3-12-13(7-9)22-6-5-21-12/h1,3,7H,2,4-6,8H2. The predicted molar refractivity (Wildman–Crippen MR) is 85.7 cm³/mol. The predicted octanol–water partition coefficient (Wildman–Crippen LogP) is 2.67. The maximum Gasteiger partial charge on any atom is 0.306 e. The van der Waals surface area contributed by atoms with Crippen LogP contribution in [-0.2, 0) is 16.1 Å². The number of hydrogen-bond donors (Lipinski definition) is 0. The molecule has 2 aromatic rings. The van der Waals surface area contributed by atoms with E-state index in [2.05, 4.69) is 9.59 Å². The van der Waals surface area contributed by atoms with Gasteiger partial charge in [0.1, 0.15) is 29.9 Å². The number of rotatable bonds is 6. The van der Waals surface area contributed by atoms with Crippen LogP contribution in [-0.4, -0.2) is 34.6 Å². The van der Waals surface area contributed by atoms with Crippen LogP contribution in [0.1, 0.15) is 28.9 Å². The van der Waals surface area contributed by atoms with Gasteiger partial charge in [-0.3, -0.25) is 9.59 Å². The van der Waals surface area contributed by atoms with Crippen LogP contribution >= 0.6 is 23.1 Å². The molecular weight excluding hydrogens is 356 g/mol. The van der Waals surface area contributed by atoms with Gasteiger partial charge < -0.3 is 14.2 Å². The smallest absolute Gasteiger partial charge is 0.306 e. The lowest BCUT2D eigenvalue weighted by molar-refractivity contribution is -0.145. The Balaban J connectivity index is 1.50. The minimum atomic E-state index is -0.495. The molecule has 0 fully saturated rings. The average molecular weight is 369 g/mol. The highest BCUT2D eigenvalue weighted by molar-refractivity contribution is 7.10. The fourth-order valence-corrected chi connectivity index (χ4v) is 2.68. The average Bonchev–Trinajstić information content (AvgIpc) is 3.02. The Morgan fingerprint density at radius 1 is 1.21 bits per heavy atom. The maximum atomic E-state index is 12.2. The van der Waals surface area contributed by atoms with E-state index in [0.29, 0.717) is 40.3 Å². The van der Waals surface area contributed by atoms with Crippen molar-refractivity contribution >= 4 is 34.9 Å². The summed E-state index contributed by atoms with van der Waals surface area (Å²) < 4.78 is 19.9. The molecule has 1 aliphatic heterocycles. The van der Waals surface area contributed by atoms with Gasteiger partial charge in [0.2, 0.25) is 0 Å². The lowest BCUT2D eigenvalue weighted by Crippen LogP contribution is -2.16. The van der Waals surface area contributed by atoms with Crippen molar-refractivity contribution in [3.63, 3.8) is 0 Å². The minimum absolute atomic E-state index is 0.0253. The molecule has 24 heavy (non-hydrogen) atoms. The van der Waals surface area contributed by atoms with Crippen LogP contribution in [0.3, 0.4) is 0 Å². The summed E-state index contributed by atoms with van der Waals surface area (Å²) in [4.78, 5) is 23.9. The van der Waals surface area contributed by atoms with E-state index in [4.69, 9.17) is 25.8 Å². The largest absolute Gasteiger partial charge is 0.486 e. The van der Waals surface area contributed by atoms with Crippen molar-refractivity contribution in [3.05, 3.63) is 33.8 Å². The lowest BCUT2D eigenvalue weighted by Gasteiger charge is -2.18. The van der Waals surface area contributed by atoms with E-state index in [1.807, 2.05) is 0 Å². The molecule has 1 aromatic carbocycles. The van der Waals surface area contributed by atoms with Crippen molar-refractivity contribution < 1.29 is 23.8 Å². The first-order valence-corrected chi connectivity index (χ1v) is 8.34. The first-order chi connectivity index (χ1) is 11.6. The third-order valence-electron chi connectivity index (χ3n) is 3.30. The third-order valence-corrected chi connectivity index (χ3v) is 4.28. The first-order valence-electron chi connectivity index (χ1n) is 7.18. The van der Waals surface area contributed by atoms with E-state index >= 15 is 0 Å². The normalized spacial score (nSPS) is 12.7. The second-order valence-electron chi connectivity index (χ2n) is 4.94. The summed E-state index contributed by atoms with van der Waals surface area (Å²) in [5.41, 5.74) is 0.881. The number of Topliss-reactive ketones (excluding diaryl/α,β-unsaturated/α-hetero) is 1. The highest BCUT2D eigenvalue weighted by Gasteiger charge is 2.16. The van der Waals surface area contributed by atoms with Gasteiger partial charge in [0.05, 0.1) is 6.42 Å². The van der Waals surface area contributed by atoms with Gasteiger partial charge in [0.25, 0.3) is 0 Å². The SMILES string of the molecule is O=C(CCC(=O)c1ccc2c(c1)OCCO2)OCc1nnsc1Cl. The van der Waals surface area contributed by atoms with Gasteiger partial charge in [-0.15, -0.1) is 5.10 Å². The molecule has 0 aliphatic carbocycles. The van der Waals surface area contributed by atoms with Crippen molar-refractivity contribution in [1.82, 2.24) is 9.59 Å². The van der Waals surface area contributed by atoms with Gasteiger partial charge in [-0.1, -0.05) is 16.1 Å². The Morgan fingerprint density at radius 2 is 2.00 bits per heavy atom. The maximum absolute atomic E-state index is 12.2. The fraction of sp³-hybridized carbons (Fsp3) is 0.333. The molecule has 3 rings (SSSR count). The van der Waals surface area contributed by atoms with Crippen LogP contribution < -0.4 is 9.47 Å². The summed E-state index contributed by atoms with van der Waals surface area (Å²) >= 11 is 6.83. The zero-order valence-corrected chi connectivity index (χ0v) is 14.1. The summed E-state index contributed by atoms with van der Waals surface area (Å²) in [7, 11) is 0. The number of fused-ring (bicyclic) bond motifs is 1. The van der Waals surface area contributed by atoms with E-state index in [9.17, 15) is 9.59 Å². The van der Waals surface area contributed by atoms with E-state index < -0.39 is 5.97 Å². The van der Waals surface area contributed by atoms with Crippen LogP contribution in [0.25, 0.3) is 0 Å². The summed E-state index contributed by atoms with van der Waals surface area (Å²) in [6, 6.07) is 4.97. The Kier molecular flexibility index (Phi) is 5.27. The zero-order valence-electron chi connectivity index (χ0n) is 12.5. The van der Waals surface area contributed by atoms with Crippen molar-refractivity contribution in [1.29, 1.82) is 0 Å². The molecule has 0 unspecified atom stereocenters. The molecule has 0 saturated carbocycles. The number of carbonyl (C=O) groups excluding carboxylic acids is 2. The van der Waals surface area contributed by atoms with E-state index in [1.165, 1.54) is 0 Å². The molecule has 1 aromatic heterocycles. The van der Waals surface area contributed by atoms with Crippen molar-refractivity contribution in [3.8, 4) is 11.5 Å². The summed E-state index contributed by atoms with van der Waals surface area (Å²) in [5, 5.41) is 3.74. The molecule has 0 atom stereocenters. The Labute approximate surface area is 146 Å². The number of esters is 1. The van der Waals surface area contributed by atoms with Crippen molar-refractivity contribution in [2.45, 2.75) is 19.4 Å². The molecule has 9 heteroatoms. The number of benzene rings is 1. The van der Waals surface area contributed by atoms with Crippen LogP contribution in [0.15, 0.2) is 18.2 Å².